The molecule has 4 N–H and O–H groups in total. The fourth-order valence-electron chi connectivity index (χ4n) is 5.38. The Kier molecular flexibility index (Phi) is 8.92. The average molecular weight is 645 g/mol. The molecule has 0 spiro atoms. The van der Waals surface area contributed by atoms with E-state index in [-0.39, 0.29) is 12.5 Å². The van der Waals surface area contributed by atoms with Crippen LogP contribution in [0.15, 0.2) is 122 Å². The summed E-state index contributed by atoms with van der Waals surface area (Å²) < 4.78 is 19.2. The quantitative estimate of drug-likeness (QED) is 0.150. The van der Waals surface area contributed by atoms with Crippen molar-refractivity contribution in [3.8, 4) is 23.0 Å². The summed E-state index contributed by atoms with van der Waals surface area (Å²) in [6.45, 7) is 0.440. The van der Waals surface area contributed by atoms with Crippen LogP contribution in [0.1, 0.15) is 22.1 Å². The number of aliphatic hydroxyl groups is 2. The maximum Gasteiger partial charge on any atom is 0.251 e. The molecule has 1 fully saturated rings. The zero-order valence-corrected chi connectivity index (χ0v) is 25.6. The third-order valence-electron chi connectivity index (χ3n) is 7.89. The minimum atomic E-state index is -1.29. The molecule has 0 saturated carbocycles. The van der Waals surface area contributed by atoms with Gasteiger partial charge >= 0.3 is 0 Å². The number of aliphatic hydroxyl groups excluding tert-OH is 2. The van der Waals surface area contributed by atoms with Crippen molar-refractivity contribution in [3.05, 3.63) is 133 Å². The van der Waals surface area contributed by atoms with Crippen molar-refractivity contribution in [1.82, 2.24) is 24.8 Å². The van der Waals surface area contributed by atoms with E-state index in [1.807, 2.05) is 84.9 Å². The Morgan fingerprint density at radius 2 is 1.35 bits per heavy atom. The topological polar surface area (TPSA) is 153 Å². The highest BCUT2D eigenvalue weighted by atomic mass is 16.6. The summed E-state index contributed by atoms with van der Waals surface area (Å²) >= 11 is 0. The van der Waals surface area contributed by atoms with Gasteiger partial charge in [0, 0.05) is 18.7 Å². The van der Waals surface area contributed by atoms with Gasteiger partial charge < -0.3 is 35.1 Å². The molecule has 7 rings (SSSR count). The average Bonchev–Trinajstić information content (AvgIpc) is 3.68. The first-order valence-electron chi connectivity index (χ1n) is 15.4. The number of para-hydroxylation sites is 2. The first-order chi connectivity index (χ1) is 23.5. The number of fused-ring (bicyclic) bond motifs is 1. The number of imidazole rings is 1. The molecular formula is C36H32N6O6. The van der Waals surface area contributed by atoms with E-state index < -0.39 is 24.5 Å². The van der Waals surface area contributed by atoms with Gasteiger partial charge in [-0.2, -0.15) is 0 Å². The third kappa shape index (κ3) is 6.81. The zero-order chi connectivity index (χ0) is 32.9. The van der Waals surface area contributed by atoms with Crippen molar-refractivity contribution in [2.24, 2.45) is 0 Å². The van der Waals surface area contributed by atoms with Gasteiger partial charge in [0.15, 0.2) is 23.2 Å². The molecule has 4 atom stereocenters. The normalized spacial score (nSPS) is 18.8. The van der Waals surface area contributed by atoms with Gasteiger partial charge in [0.2, 0.25) is 0 Å². The largest absolute Gasteiger partial charge is 0.457 e. The summed E-state index contributed by atoms with van der Waals surface area (Å²) in [7, 11) is 0. The minimum absolute atomic E-state index is 0.0283. The lowest BCUT2D eigenvalue weighted by molar-refractivity contribution is -0.0337. The second-order valence-electron chi connectivity index (χ2n) is 11.2. The number of hydrogen-bond donors (Lipinski definition) is 4. The van der Waals surface area contributed by atoms with Crippen molar-refractivity contribution in [3.63, 3.8) is 0 Å². The van der Waals surface area contributed by atoms with E-state index in [1.54, 1.807) is 28.8 Å². The summed E-state index contributed by atoms with van der Waals surface area (Å²) in [6, 6.07) is 33.3. The molecule has 1 amide bonds. The number of anilines is 1. The van der Waals surface area contributed by atoms with Gasteiger partial charge in [-0.15, -0.1) is 0 Å². The lowest BCUT2D eigenvalue weighted by Crippen LogP contribution is -2.39. The van der Waals surface area contributed by atoms with Crippen molar-refractivity contribution < 1.29 is 29.2 Å². The first kappa shape index (κ1) is 30.8. The van der Waals surface area contributed by atoms with E-state index in [2.05, 4.69) is 25.6 Å². The number of carbonyl (C=O) groups is 1. The number of rotatable bonds is 11. The highest BCUT2D eigenvalue weighted by Gasteiger charge is 2.44. The van der Waals surface area contributed by atoms with Gasteiger partial charge in [-0.05, 0) is 66.2 Å². The first-order valence-corrected chi connectivity index (χ1v) is 15.4. The highest BCUT2D eigenvalue weighted by Crippen LogP contribution is 2.32. The van der Waals surface area contributed by atoms with Crippen LogP contribution < -0.4 is 20.1 Å². The van der Waals surface area contributed by atoms with Crippen LogP contribution in [0.3, 0.4) is 0 Å². The monoisotopic (exact) mass is 644 g/mol. The van der Waals surface area contributed by atoms with Crippen LogP contribution in [0.4, 0.5) is 5.82 Å². The van der Waals surface area contributed by atoms with Gasteiger partial charge in [0.1, 0.15) is 47.6 Å². The summed E-state index contributed by atoms with van der Waals surface area (Å²) in [4.78, 5) is 26.0. The fraction of sp³-hybridized carbons (Fsp3) is 0.167. The molecule has 2 aromatic heterocycles. The summed E-state index contributed by atoms with van der Waals surface area (Å²) in [5.41, 5.74) is 2.30. The molecule has 0 bridgehead atoms. The Morgan fingerprint density at radius 1 is 0.750 bits per heavy atom. The van der Waals surface area contributed by atoms with Crippen LogP contribution in [-0.4, -0.2) is 60.5 Å². The Morgan fingerprint density at radius 3 is 2.00 bits per heavy atom. The second-order valence-corrected chi connectivity index (χ2v) is 11.2. The summed E-state index contributed by atoms with van der Waals surface area (Å²) in [5, 5.41) is 27.8. The highest BCUT2D eigenvalue weighted by molar-refractivity contribution is 5.94. The maximum atomic E-state index is 12.8. The SMILES string of the molecule is O=C(NC[C@H]1O[C@@H](n2cnc3c(NCc4ccc(Oc5ccccc5)cc4)ncnc32)[C@H](O)[C@@H]1O)c1ccc(Oc2ccccc2)cc1. The number of carbonyl (C=O) groups excluding carboxylic acids is 1. The van der Waals surface area contributed by atoms with Crippen LogP contribution in [-0.2, 0) is 11.3 Å². The molecule has 6 aromatic rings. The molecule has 12 nitrogen and oxygen atoms in total. The standard InChI is InChI=1S/C36H32N6O6/c43-31-29(20-38-35(45)24-13-17-28(18-14-24)47-26-9-5-2-6-10-26)48-36(32(31)44)42-22-41-30-33(39-21-40-34(30)42)37-19-23-11-15-27(16-12-23)46-25-7-3-1-4-8-25/h1-18,21-22,29,31-32,36,43-44H,19-20H2,(H,38,45)(H,37,39,40)/t29-,31-,32-,36-/m1/s1. The minimum Gasteiger partial charge on any atom is -0.457 e. The van der Waals surface area contributed by atoms with Gasteiger partial charge in [-0.25, -0.2) is 15.0 Å². The number of nitrogens with zero attached hydrogens (tertiary/aromatic N) is 4. The van der Waals surface area contributed by atoms with Gasteiger partial charge in [0.05, 0.1) is 6.33 Å². The van der Waals surface area contributed by atoms with Crippen LogP contribution in [0.5, 0.6) is 23.0 Å². The molecule has 242 valence electrons. The van der Waals surface area contributed by atoms with Crippen molar-refractivity contribution >= 4 is 22.9 Å². The van der Waals surface area contributed by atoms with E-state index in [1.165, 1.54) is 12.7 Å². The van der Waals surface area contributed by atoms with E-state index in [0.29, 0.717) is 40.6 Å². The molecule has 0 aliphatic carbocycles. The van der Waals surface area contributed by atoms with E-state index >= 15 is 0 Å². The van der Waals surface area contributed by atoms with Crippen molar-refractivity contribution in [2.75, 3.05) is 11.9 Å². The molecule has 0 radical (unpaired) electrons. The molecule has 4 aromatic carbocycles. The molecule has 1 saturated heterocycles. The number of benzene rings is 4. The van der Waals surface area contributed by atoms with E-state index in [4.69, 9.17) is 14.2 Å². The number of ether oxygens (including phenoxy) is 3. The lowest BCUT2D eigenvalue weighted by Gasteiger charge is -2.17. The molecular weight excluding hydrogens is 612 g/mol. The van der Waals surface area contributed by atoms with Crippen LogP contribution in [0, 0.1) is 0 Å². The van der Waals surface area contributed by atoms with E-state index in [9.17, 15) is 15.0 Å². The van der Waals surface area contributed by atoms with E-state index in [0.717, 1.165) is 17.1 Å². The molecule has 3 heterocycles. The number of amides is 1. The Bertz CT molecular complexity index is 1970. The number of aromatic nitrogens is 4. The van der Waals surface area contributed by atoms with Gasteiger partial charge in [0.25, 0.3) is 5.91 Å². The zero-order valence-electron chi connectivity index (χ0n) is 25.6. The van der Waals surface area contributed by atoms with Crippen molar-refractivity contribution in [2.45, 2.75) is 31.1 Å². The fourth-order valence-corrected chi connectivity index (χ4v) is 5.38. The van der Waals surface area contributed by atoms with Crippen LogP contribution in [0.2, 0.25) is 0 Å². The Hall–Kier alpha value is -5.82. The molecule has 1 aliphatic rings. The van der Waals surface area contributed by atoms with Gasteiger partial charge in [-0.1, -0.05) is 48.5 Å². The Balaban J connectivity index is 0.959. The van der Waals surface area contributed by atoms with Crippen molar-refractivity contribution in [1.29, 1.82) is 0 Å². The van der Waals surface area contributed by atoms with Gasteiger partial charge in [-0.3, -0.25) is 9.36 Å². The molecule has 1 aliphatic heterocycles. The second kappa shape index (κ2) is 13.9. The molecule has 12 heteroatoms. The number of hydrogen-bond acceptors (Lipinski definition) is 10. The molecule has 0 unspecified atom stereocenters. The smallest absolute Gasteiger partial charge is 0.251 e. The third-order valence-corrected chi connectivity index (χ3v) is 7.89. The predicted molar refractivity (Wildman–Crippen MR) is 177 cm³/mol. The van der Waals surface area contributed by atoms with Crippen LogP contribution >= 0.6 is 0 Å². The number of nitrogens with one attached hydrogen (secondary N) is 2. The Labute approximate surface area is 275 Å². The predicted octanol–water partition coefficient (Wildman–Crippen LogP) is 5.07. The van der Waals surface area contributed by atoms with Crippen LogP contribution in [0.25, 0.3) is 11.2 Å². The summed E-state index contributed by atoms with van der Waals surface area (Å²) in [5.74, 6) is 2.92. The molecule has 48 heavy (non-hydrogen) atoms. The lowest BCUT2D eigenvalue weighted by atomic mass is 10.1. The summed E-state index contributed by atoms with van der Waals surface area (Å²) in [6.07, 6.45) is -1.53. The maximum absolute atomic E-state index is 12.8.